The molecule has 8 rings (SSSR count). The second-order valence-electron chi connectivity index (χ2n) is 13.8. The molecule has 5 heterocycles. The number of aromatic nitrogens is 4. The predicted octanol–water partition coefficient (Wildman–Crippen LogP) is 10.1. The van der Waals surface area contributed by atoms with Crippen LogP contribution in [0, 0.1) is 27.7 Å². The topological polar surface area (TPSA) is 71.1 Å². The smallest absolute Gasteiger partial charge is 0.657 e. The van der Waals surface area contributed by atoms with Gasteiger partial charge in [0, 0.05) is 0 Å². The van der Waals surface area contributed by atoms with E-state index in [9.17, 15) is 4.79 Å². The van der Waals surface area contributed by atoms with Crippen molar-refractivity contribution in [3.05, 3.63) is 142 Å². The van der Waals surface area contributed by atoms with E-state index in [1.807, 2.05) is 56.3 Å². The Bertz CT molecular complexity index is 2500. The summed E-state index contributed by atoms with van der Waals surface area (Å²) in [5, 5.41) is 0. The number of benzene rings is 3. The molecule has 0 radical (unpaired) electrons. The second-order valence-corrected chi connectivity index (χ2v) is 13.8. The van der Waals surface area contributed by atoms with Crippen LogP contribution in [0.15, 0.2) is 97.1 Å². The monoisotopic (exact) mass is 700 g/mol. The number of aryl methyl sites for hydroxylation is 4. The van der Waals surface area contributed by atoms with Crippen molar-refractivity contribution in [2.24, 2.45) is 0 Å². The average molecular weight is 702 g/mol. The molecule has 6 heteroatoms. The molecular weight excluding hydrogens is 666 g/mol. The number of carbonyl (C=O) groups excluding carboxylic acids is 1. The molecule has 8 bridgehead atoms. The summed E-state index contributed by atoms with van der Waals surface area (Å²) in [6.07, 6.45) is 4.18. The minimum Gasteiger partial charge on any atom is -0.657 e. The Morgan fingerprint density at radius 3 is 1.82 bits per heavy atom. The van der Waals surface area contributed by atoms with E-state index in [0.717, 1.165) is 72.4 Å². The summed E-state index contributed by atoms with van der Waals surface area (Å²) in [4.78, 5) is 34.9. The van der Waals surface area contributed by atoms with Gasteiger partial charge in [-0.15, -0.1) is 22.1 Å². The van der Waals surface area contributed by atoms with Gasteiger partial charge in [-0.3, -0.25) is 4.79 Å². The van der Waals surface area contributed by atoms with Crippen LogP contribution in [0.25, 0.3) is 67.6 Å². The molecule has 2 aliphatic rings. The third-order valence-corrected chi connectivity index (χ3v) is 9.70. The Hall–Kier alpha value is -5.19. The molecule has 0 N–H and O–H groups in total. The molecule has 0 fully saturated rings. The quantitative estimate of drug-likeness (QED) is 0.172. The van der Waals surface area contributed by atoms with E-state index in [1.165, 1.54) is 11.1 Å². The van der Waals surface area contributed by atoms with E-state index >= 15 is 0 Å². The molecule has 3 aromatic heterocycles. The Labute approximate surface area is 305 Å². The van der Waals surface area contributed by atoms with E-state index in [2.05, 4.69) is 94.4 Å². The molecule has 240 valence electrons. The van der Waals surface area contributed by atoms with Crippen LogP contribution in [0.4, 0.5) is 0 Å². The predicted molar refractivity (Wildman–Crippen MR) is 200 cm³/mol. The zero-order valence-electron chi connectivity index (χ0n) is 29.3. The molecule has 0 unspecified atom stereocenters. The maximum Gasteiger partial charge on any atom is 2.00 e. The number of ketones is 1. The Balaban J connectivity index is 0.00000392. The summed E-state index contributed by atoms with van der Waals surface area (Å²) in [6, 6.07) is 33.0. The summed E-state index contributed by atoms with van der Waals surface area (Å²) < 4.78 is 0. The van der Waals surface area contributed by atoms with Crippen molar-refractivity contribution in [2.45, 2.75) is 47.0 Å². The van der Waals surface area contributed by atoms with Crippen LogP contribution < -0.4 is 9.97 Å². The largest absolute Gasteiger partial charge is 2.00 e. The SMILES string of the molecule is Cc1ccc(-c2c3nc(c(-c4c(C)cc(C)cc4C)c4ccc(cc5nc(c(-c6ccccc6)c6ccc2[n-]6)C(C)(C)C5=O)[n-]4)C=C3)cc1.[Zn+2]. The second kappa shape index (κ2) is 12.6. The maximum atomic E-state index is 14.1. The first kappa shape index (κ1) is 33.3. The van der Waals surface area contributed by atoms with Crippen LogP contribution in [0.2, 0.25) is 0 Å². The zero-order chi connectivity index (χ0) is 34.0. The summed E-state index contributed by atoms with van der Waals surface area (Å²) in [5.74, 6) is -0.0418. The zero-order valence-corrected chi connectivity index (χ0v) is 32.3. The molecule has 0 amide bonds. The van der Waals surface area contributed by atoms with Gasteiger partial charge in [0.1, 0.15) is 5.69 Å². The molecule has 3 aromatic carbocycles. The van der Waals surface area contributed by atoms with E-state index in [0.29, 0.717) is 16.9 Å². The van der Waals surface area contributed by atoms with Crippen molar-refractivity contribution in [2.75, 3.05) is 0 Å². The third kappa shape index (κ3) is 5.58. The number of hydrogen-bond acceptors (Lipinski definition) is 3. The number of nitrogens with zero attached hydrogens (tertiary/aromatic N) is 4. The molecular formula is C44H36N4OZn. The summed E-state index contributed by atoms with van der Waals surface area (Å²) in [7, 11) is 0. The fourth-order valence-electron chi connectivity index (χ4n) is 7.34. The fraction of sp³-hybridized carbons (Fsp3) is 0.159. The molecule has 0 spiro atoms. The van der Waals surface area contributed by atoms with Crippen LogP contribution in [-0.4, -0.2) is 15.8 Å². The van der Waals surface area contributed by atoms with E-state index < -0.39 is 5.41 Å². The number of fused-ring (bicyclic) bond motifs is 8. The van der Waals surface area contributed by atoms with Crippen LogP contribution in [0.5, 0.6) is 0 Å². The number of carbonyl (C=O) groups is 1. The summed E-state index contributed by atoms with van der Waals surface area (Å²) >= 11 is 0. The van der Waals surface area contributed by atoms with Crippen LogP contribution in [0.1, 0.15) is 63.7 Å². The summed E-state index contributed by atoms with van der Waals surface area (Å²) in [6.45, 7) is 12.4. The average Bonchev–Trinajstić information content (AvgIpc) is 3.88. The van der Waals surface area contributed by atoms with Crippen LogP contribution in [-0.2, 0) is 24.9 Å². The summed E-state index contributed by atoms with van der Waals surface area (Å²) in [5.41, 5.74) is 15.5. The van der Waals surface area contributed by atoms with Crippen molar-refractivity contribution in [3.8, 4) is 33.4 Å². The molecule has 0 atom stereocenters. The molecule has 2 aliphatic heterocycles. The number of hydrogen-bond donors (Lipinski definition) is 0. The molecule has 0 aliphatic carbocycles. The van der Waals surface area contributed by atoms with E-state index in [-0.39, 0.29) is 25.3 Å². The van der Waals surface area contributed by atoms with E-state index in [4.69, 9.17) is 19.9 Å². The van der Waals surface area contributed by atoms with Crippen molar-refractivity contribution < 1.29 is 24.3 Å². The Morgan fingerprint density at radius 2 is 1.14 bits per heavy atom. The van der Waals surface area contributed by atoms with Crippen molar-refractivity contribution in [1.82, 2.24) is 19.9 Å². The standard InChI is InChI=1S/C44H37N4O.Zn/c1-25-12-14-30(15-13-25)39-32-18-20-34(46-32)40(29-10-8-7-9-11-29)42-44(5,6)43(49)37(48-42)24-31-16-17-35(45-31)41(36-21-19-33(39)47-36)38-27(3)22-26(2)23-28(38)4;/h7-24H,1-6H3,(H-,45,46,47,48,49);/q-1;+2/p-1. The van der Waals surface area contributed by atoms with Crippen LogP contribution in [0.3, 0.4) is 0 Å². The van der Waals surface area contributed by atoms with Crippen LogP contribution >= 0.6 is 0 Å². The number of Topliss-reactive ketones (excluding diaryl/α,β-unsaturated/α-hetero) is 1. The van der Waals surface area contributed by atoms with Gasteiger partial charge in [0.05, 0.1) is 22.5 Å². The van der Waals surface area contributed by atoms with Crippen molar-refractivity contribution >= 4 is 40.0 Å². The molecule has 0 saturated carbocycles. The Morgan fingerprint density at radius 1 is 0.560 bits per heavy atom. The number of rotatable bonds is 3. The van der Waals surface area contributed by atoms with Gasteiger partial charge in [-0.05, 0) is 104 Å². The van der Waals surface area contributed by atoms with Gasteiger partial charge in [-0.2, -0.15) is 0 Å². The van der Waals surface area contributed by atoms with Crippen molar-refractivity contribution in [3.63, 3.8) is 0 Å². The minimum atomic E-state index is -0.877. The first-order chi connectivity index (χ1) is 23.6. The third-order valence-electron chi connectivity index (χ3n) is 9.70. The normalized spacial score (nSPS) is 13.4. The molecule has 5 nitrogen and oxygen atoms in total. The first-order valence-corrected chi connectivity index (χ1v) is 16.7. The van der Waals surface area contributed by atoms with Crippen molar-refractivity contribution in [1.29, 1.82) is 0 Å². The van der Waals surface area contributed by atoms with E-state index in [1.54, 1.807) is 0 Å². The van der Waals surface area contributed by atoms with Gasteiger partial charge in [-0.1, -0.05) is 102 Å². The van der Waals surface area contributed by atoms with Gasteiger partial charge < -0.3 is 9.97 Å². The molecule has 0 saturated heterocycles. The minimum absolute atomic E-state index is 0. The van der Waals surface area contributed by atoms with Gasteiger partial charge in [0.2, 0.25) is 0 Å². The maximum absolute atomic E-state index is 14.1. The van der Waals surface area contributed by atoms with Gasteiger partial charge in [0.15, 0.2) is 5.78 Å². The van der Waals surface area contributed by atoms with Gasteiger partial charge in [-0.25, -0.2) is 9.97 Å². The first-order valence-electron chi connectivity index (χ1n) is 16.7. The van der Waals surface area contributed by atoms with Gasteiger partial charge >= 0.3 is 19.5 Å². The molecule has 6 aromatic rings. The van der Waals surface area contributed by atoms with Gasteiger partial charge in [0.25, 0.3) is 0 Å². The molecule has 50 heavy (non-hydrogen) atoms. The Kier molecular flexibility index (Phi) is 8.40. The fourth-order valence-corrected chi connectivity index (χ4v) is 7.34.